The maximum absolute atomic E-state index is 13.5. The lowest BCUT2D eigenvalue weighted by molar-refractivity contribution is 0.0649. The molecule has 0 spiro atoms. The Morgan fingerprint density at radius 3 is 2.19 bits per heavy atom. The van der Waals surface area contributed by atoms with Gasteiger partial charge in [-0.15, -0.1) is 0 Å². The Morgan fingerprint density at radius 1 is 0.881 bits per heavy atom. The van der Waals surface area contributed by atoms with Crippen molar-refractivity contribution in [3.63, 3.8) is 0 Å². The standard InChI is InChI=1S/C32H34F2N4O4/c1-42-26-6-2-21(3-7-26)20-37-14-12-25(13-15-37)36-31(40)29-9-5-24(19-35-29)32(41)38-16-10-22(11-17-38)30(39)23-4-8-27(33)28(34)18-23/h2-9,18-19,22,25H,10-17,20H2,1H3,(H,36,40). The van der Waals surface area contributed by atoms with Crippen LogP contribution in [0.2, 0.25) is 0 Å². The van der Waals surface area contributed by atoms with Crippen molar-refractivity contribution in [3.05, 3.63) is 94.8 Å². The Morgan fingerprint density at radius 2 is 1.57 bits per heavy atom. The van der Waals surface area contributed by atoms with Crippen LogP contribution >= 0.6 is 0 Å². The molecule has 3 aromatic rings. The van der Waals surface area contributed by atoms with Gasteiger partial charge >= 0.3 is 0 Å². The Hall–Kier alpha value is -4.18. The maximum Gasteiger partial charge on any atom is 0.270 e. The van der Waals surface area contributed by atoms with E-state index >= 15 is 0 Å². The molecule has 2 aliphatic rings. The van der Waals surface area contributed by atoms with E-state index in [-0.39, 0.29) is 40.8 Å². The summed E-state index contributed by atoms with van der Waals surface area (Å²) in [6.07, 6.45) is 3.94. The molecule has 2 fully saturated rings. The molecule has 0 aliphatic carbocycles. The summed E-state index contributed by atoms with van der Waals surface area (Å²) < 4.78 is 32.0. The van der Waals surface area contributed by atoms with Crippen LogP contribution < -0.4 is 10.1 Å². The Bertz CT molecular complexity index is 1420. The third-order valence-corrected chi connectivity index (χ3v) is 8.09. The molecule has 1 aromatic heterocycles. The van der Waals surface area contributed by atoms with E-state index in [0.29, 0.717) is 31.5 Å². The van der Waals surface area contributed by atoms with Crippen molar-refractivity contribution in [2.45, 2.75) is 38.3 Å². The molecule has 0 bridgehead atoms. The average molecular weight is 577 g/mol. The number of aromatic nitrogens is 1. The third-order valence-electron chi connectivity index (χ3n) is 8.09. The maximum atomic E-state index is 13.5. The average Bonchev–Trinajstić information content (AvgIpc) is 3.03. The first-order valence-corrected chi connectivity index (χ1v) is 14.2. The second-order valence-corrected chi connectivity index (χ2v) is 10.9. The molecular formula is C32H34F2N4O4. The number of hydrogen-bond donors (Lipinski definition) is 1. The molecule has 3 heterocycles. The first-order valence-electron chi connectivity index (χ1n) is 14.2. The smallest absolute Gasteiger partial charge is 0.270 e. The number of piperidine rings is 2. The van der Waals surface area contributed by atoms with E-state index in [1.54, 1.807) is 24.1 Å². The summed E-state index contributed by atoms with van der Waals surface area (Å²) >= 11 is 0. The summed E-state index contributed by atoms with van der Waals surface area (Å²) in [5.41, 5.74) is 1.97. The van der Waals surface area contributed by atoms with Gasteiger partial charge < -0.3 is 15.0 Å². The monoisotopic (exact) mass is 576 g/mol. The van der Waals surface area contributed by atoms with Gasteiger partial charge in [0.05, 0.1) is 12.7 Å². The molecule has 1 N–H and O–H groups in total. The summed E-state index contributed by atoms with van der Waals surface area (Å²) in [6.45, 7) is 3.32. The number of carbonyl (C=O) groups is 3. The van der Waals surface area contributed by atoms with E-state index in [4.69, 9.17) is 4.74 Å². The number of ketones is 1. The molecule has 0 atom stereocenters. The number of hydrogen-bond acceptors (Lipinski definition) is 6. The molecule has 10 heteroatoms. The van der Waals surface area contributed by atoms with Gasteiger partial charge in [-0.05, 0) is 73.7 Å². The van der Waals surface area contributed by atoms with Crippen LogP contribution in [-0.2, 0) is 6.54 Å². The fraction of sp³-hybridized carbons (Fsp3) is 0.375. The minimum absolute atomic E-state index is 0.0585. The molecule has 2 saturated heterocycles. The second-order valence-electron chi connectivity index (χ2n) is 10.9. The van der Waals surface area contributed by atoms with Crippen LogP contribution in [0.5, 0.6) is 5.75 Å². The number of benzene rings is 2. The van der Waals surface area contributed by atoms with E-state index in [1.807, 2.05) is 12.1 Å². The molecule has 42 heavy (non-hydrogen) atoms. The van der Waals surface area contributed by atoms with Crippen LogP contribution in [0.15, 0.2) is 60.8 Å². The molecule has 2 aliphatic heterocycles. The molecule has 0 unspecified atom stereocenters. The Labute approximate surface area is 243 Å². The van der Waals surface area contributed by atoms with E-state index in [1.165, 1.54) is 17.8 Å². The van der Waals surface area contributed by atoms with Gasteiger partial charge in [0.2, 0.25) is 0 Å². The van der Waals surface area contributed by atoms with Crippen LogP contribution in [0.25, 0.3) is 0 Å². The largest absolute Gasteiger partial charge is 0.497 e. The number of pyridine rings is 1. The highest BCUT2D eigenvalue weighted by Gasteiger charge is 2.29. The summed E-state index contributed by atoms with van der Waals surface area (Å²) in [5.74, 6) is -2.31. The summed E-state index contributed by atoms with van der Waals surface area (Å²) in [5, 5.41) is 3.07. The third kappa shape index (κ3) is 6.99. The first-order chi connectivity index (χ1) is 20.3. The topological polar surface area (TPSA) is 91.8 Å². The minimum Gasteiger partial charge on any atom is -0.497 e. The predicted octanol–water partition coefficient (Wildman–Crippen LogP) is 4.50. The number of carbonyl (C=O) groups excluding carboxylic acids is 3. The molecule has 5 rings (SSSR count). The highest BCUT2D eigenvalue weighted by molar-refractivity contribution is 5.99. The van der Waals surface area contributed by atoms with Crippen LogP contribution in [0, 0.1) is 17.6 Å². The van der Waals surface area contributed by atoms with Crippen LogP contribution in [0.1, 0.15) is 62.5 Å². The van der Waals surface area contributed by atoms with Crippen molar-refractivity contribution in [1.29, 1.82) is 0 Å². The van der Waals surface area contributed by atoms with Gasteiger partial charge in [0.15, 0.2) is 17.4 Å². The number of amides is 2. The van der Waals surface area contributed by atoms with E-state index < -0.39 is 11.6 Å². The van der Waals surface area contributed by atoms with E-state index in [2.05, 4.69) is 27.3 Å². The Kier molecular flexibility index (Phi) is 9.22. The number of methoxy groups -OCH3 is 1. The Balaban J connectivity index is 1.07. The van der Waals surface area contributed by atoms with Crippen molar-refractivity contribution in [2.24, 2.45) is 5.92 Å². The lowest BCUT2D eigenvalue weighted by atomic mass is 9.88. The molecule has 0 radical (unpaired) electrons. The normalized spacial score (nSPS) is 16.7. The second kappa shape index (κ2) is 13.2. The zero-order valence-corrected chi connectivity index (χ0v) is 23.5. The molecule has 220 valence electrons. The fourth-order valence-corrected chi connectivity index (χ4v) is 5.55. The van der Waals surface area contributed by atoms with Crippen LogP contribution in [0.4, 0.5) is 8.78 Å². The van der Waals surface area contributed by atoms with Crippen LogP contribution in [0.3, 0.4) is 0 Å². The van der Waals surface area contributed by atoms with Crippen molar-refractivity contribution < 1.29 is 27.9 Å². The molecule has 8 nitrogen and oxygen atoms in total. The van der Waals surface area contributed by atoms with Gasteiger partial charge in [-0.25, -0.2) is 8.78 Å². The summed E-state index contributed by atoms with van der Waals surface area (Å²) in [6, 6.07) is 14.4. The SMILES string of the molecule is COc1ccc(CN2CCC(NC(=O)c3ccc(C(=O)N4CCC(C(=O)c5ccc(F)c(F)c5)CC4)cn3)CC2)cc1. The van der Waals surface area contributed by atoms with Gasteiger partial charge in [-0.1, -0.05) is 12.1 Å². The highest BCUT2D eigenvalue weighted by atomic mass is 19.2. The van der Waals surface area contributed by atoms with Crippen molar-refractivity contribution in [3.8, 4) is 5.75 Å². The zero-order chi connectivity index (χ0) is 29.6. The first kappa shape index (κ1) is 29.3. The van der Waals surface area contributed by atoms with Gasteiger partial charge in [0, 0.05) is 56.4 Å². The van der Waals surface area contributed by atoms with Crippen molar-refractivity contribution >= 4 is 17.6 Å². The number of likely N-dealkylation sites (tertiary alicyclic amines) is 2. The van der Waals surface area contributed by atoms with Gasteiger partial charge in [-0.3, -0.25) is 24.3 Å². The van der Waals surface area contributed by atoms with Gasteiger partial charge in [0.25, 0.3) is 11.8 Å². The number of nitrogens with one attached hydrogen (secondary N) is 1. The molecule has 0 saturated carbocycles. The zero-order valence-electron chi connectivity index (χ0n) is 23.5. The van der Waals surface area contributed by atoms with Crippen LogP contribution in [-0.4, -0.2) is 71.7 Å². The van der Waals surface area contributed by atoms with Gasteiger partial charge in [0.1, 0.15) is 11.4 Å². The fourth-order valence-electron chi connectivity index (χ4n) is 5.55. The number of halogens is 2. The minimum atomic E-state index is -1.05. The lowest BCUT2D eigenvalue weighted by Crippen LogP contribution is -2.44. The predicted molar refractivity (Wildman–Crippen MR) is 152 cm³/mol. The quantitative estimate of drug-likeness (QED) is 0.397. The number of ether oxygens (including phenoxy) is 1. The number of rotatable bonds is 8. The number of Topliss-reactive ketones (excluding diaryl/α,β-unsaturated/α-hetero) is 1. The van der Waals surface area contributed by atoms with Crippen molar-refractivity contribution in [2.75, 3.05) is 33.3 Å². The highest BCUT2D eigenvalue weighted by Crippen LogP contribution is 2.24. The summed E-state index contributed by atoms with van der Waals surface area (Å²) in [4.78, 5) is 46.8. The number of nitrogens with zero attached hydrogens (tertiary/aromatic N) is 3. The molecule has 2 aromatic carbocycles. The van der Waals surface area contributed by atoms with Crippen molar-refractivity contribution in [1.82, 2.24) is 20.1 Å². The molecule has 2 amide bonds. The van der Waals surface area contributed by atoms with E-state index in [0.717, 1.165) is 50.4 Å². The lowest BCUT2D eigenvalue weighted by Gasteiger charge is -2.32. The molecular weight excluding hydrogens is 542 g/mol. The summed E-state index contributed by atoms with van der Waals surface area (Å²) in [7, 11) is 1.65. The van der Waals surface area contributed by atoms with Gasteiger partial charge in [-0.2, -0.15) is 0 Å². The van der Waals surface area contributed by atoms with E-state index in [9.17, 15) is 23.2 Å².